The van der Waals surface area contributed by atoms with Gasteiger partial charge in [0.25, 0.3) is 0 Å². The van der Waals surface area contributed by atoms with Crippen LogP contribution in [0.1, 0.15) is 41.7 Å². The summed E-state index contributed by atoms with van der Waals surface area (Å²) >= 11 is 3.72. The van der Waals surface area contributed by atoms with E-state index in [0.717, 1.165) is 57.1 Å². The molecular formula is C38H28BBrF3NO2. The lowest BCUT2D eigenvalue weighted by molar-refractivity contribution is 0.122. The fourth-order valence-corrected chi connectivity index (χ4v) is 8.58. The highest BCUT2D eigenvalue weighted by Crippen LogP contribution is 2.59. The second-order valence-corrected chi connectivity index (χ2v) is 13.5. The van der Waals surface area contributed by atoms with Gasteiger partial charge in [0.05, 0.1) is 18.6 Å². The van der Waals surface area contributed by atoms with Gasteiger partial charge in [0, 0.05) is 51.4 Å². The molecule has 3 aliphatic rings. The number of hydrogen-bond acceptors (Lipinski definition) is 3. The lowest BCUT2D eigenvalue weighted by Crippen LogP contribution is -2.37. The molecule has 46 heavy (non-hydrogen) atoms. The van der Waals surface area contributed by atoms with Crippen LogP contribution in [0.2, 0.25) is 0 Å². The number of anilines is 1. The van der Waals surface area contributed by atoms with Crippen LogP contribution in [0.25, 0.3) is 28.0 Å². The van der Waals surface area contributed by atoms with E-state index in [2.05, 4.69) is 34.7 Å². The van der Waals surface area contributed by atoms with Gasteiger partial charge in [0.15, 0.2) is 5.60 Å². The molecule has 2 heterocycles. The van der Waals surface area contributed by atoms with Crippen molar-refractivity contribution in [3.8, 4) is 16.9 Å². The smallest absolute Gasteiger partial charge is 0.178 e. The summed E-state index contributed by atoms with van der Waals surface area (Å²) in [6.45, 7) is 7.10. The summed E-state index contributed by atoms with van der Waals surface area (Å²) in [5, 5.41) is 0.583. The van der Waals surface area contributed by atoms with Crippen molar-refractivity contribution in [3.05, 3.63) is 129 Å². The Balaban J connectivity index is 1.40. The molecule has 5 aromatic carbocycles. The standard InChI is InChI=1S/C38H28BBrF3NO2/c1-37(2)34-29(17-23(39)18-30(34)40)32-28-19-25(42)20-31(43)33(28)36-27(35(32)37)11-12-38(46-36,21-3-7-24(41)8-4-21)22-5-9-26(10-6-22)44-13-15-45-16-14-44/h3-12,17-20H,13-16H2,1-2H3. The van der Waals surface area contributed by atoms with Crippen molar-refractivity contribution in [2.24, 2.45) is 0 Å². The van der Waals surface area contributed by atoms with Crippen molar-refractivity contribution in [2.75, 3.05) is 31.2 Å². The number of fused-ring (bicyclic) bond motifs is 8. The second-order valence-electron chi connectivity index (χ2n) is 12.7. The summed E-state index contributed by atoms with van der Waals surface area (Å²) in [6.07, 6.45) is 3.94. The third-order valence-corrected chi connectivity index (χ3v) is 10.3. The number of ether oxygens (including phenoxy) is 2. The van der Waals surface area contributed by atoms with Gasteiger partial charge in [-0.15, -0.1) is 0 Å². The maximum absolute atomic E-state index is 16.2. The summed E-state index contributed by atoms with van der Waals surface area (Å²) in [6, 6.07) is 20.2. The van der Waals surface area contributed by atoms with Crippen LogP contribution in [0.5, 0.6) is 5.75 Å². The number of nitrogens with zero attached hydrogens (tertiary/aromatic N) is 1. The fraction of sp³-hybridized carbons (Fsp3) is 0.211. The van der Waals surface area contributed by atoms with Gasteiger partial charge in [-0.25, -0.2) is 13.2 Å². The van der Waals surface area contributed by atoms with E-state index < -0.39 is 22.7 Å². The molecule has 0 N–H and O–H groups in total. The number of benzene rings is 5. The topological polar surface area (TPSA) is 21.7 Å². The SMILES string of the molecule is [B]c1cc(Br)c2c(c1)-c1c(c3c(c4c(F)cc(F)cc14)OC(c1ccc(F)cc1)(c1ccc(N4CCOCC4)cc1)C=C3)C2(C)C. The lowest BCUT2D eigenvalue weighted by atomic mass is 9.76. The van der Waals surface area contributed by atoms with Crippen molar-refractivity contribution >= 4 is 51.8 Å². The predicted molar refractivity (Wildman–Crippen MR) is 181 cm³/mol. The molecule has 3 nitrogen and oxygen atoms in total. The number of morpholine rings is 1. The molecule has 0 bridgehead atoms. The average Bonchev–Trinajstić information content (AvgIpc) is 3.28. The van der Waals surface area contributed by atoms with Gasteiger partial charge in [-0.1, -0.05) is 77.7 Å². The lowest BCUT2D eigenvalue weighted by Gasteiger charge is -2.39. The summed E-state index contributed by atoms with van der Waals surface area (Å²) in [7, 11) is 6.30. The first-order valence-electron chi connectivity index (χ1n) is 15.2. The zero-order valence-corrected chi connectivity index (χ0v) is 26.9. The van der Waals surface area contributed by atoms with Crippen LogP contribution in [-0.4, -0.2) is 34.1 Å². The highest BCUT2D eigenvalue weighted by Gasteiger charge is 2.45. The maximum Gasteiger partial charge on any atom is 0.178 e. The summed E-state index contributed by atoms with van der Waals surface area (Å²) in [5.41, 5.74) is 5.40. The number of halogens is 4. The molecule has 2 aliphatic heterocycles. The Morgan fingerprint density at radius 1 is 0.826 bits per heavy atom. The van der Waals surface area contributed by atoms with Gasteiger partial charge in [-0.2, -0.15) is 0 Å². The molecule has 0 amide bonds. The maximum atomic E-state index is 16.2. The predicted octanol–water partition coefficient (Wildman–Crippen LogP) is 8.31. The molecule has 0 aromatic heterocycles. The first-order chi connectivity index (χ1) is 22.1. The molecule has 228 valence electrons. The van der Waals surface area contributed by atoms with E-state index >= 15 is 8.78 Å². The van der Waals surface area contributed by atoms with Crippen molar-refractivity contribution in [1.82, 2.24) is 0 Å². The Hall–Kier alpha value is -4.01. The van der Waals surface area contributed by atoms with E-state index in [1.54, 1.807) is 12.1 Å². The Morgan fingerprint density at radius 3 is 2.20 bits per heavy atom. The van der Waals surface area contributed by atoms with E-state index in [-0.39, 0.29) is 11.2 Å². The third kappa shape index (κ3) is 4.30. The van der Waals surface area contributed by atoms with Crippen LogP contribution in [0.3, 0.4) is 0 Å². The minimum absolute atomic E-state index is 0.179. The van der Waals surface area contributed by atoms with Gasteiger partial charge < -0.3 is 14.4 Å². The largest absolute Gasteiger partial charge is 0.472 e. The van der Waals surface area contributed by atoms with Crippen LogP contribution in [0.15, 0.2) is 83.3 Å². The van der Waals surface area contributed by atoms with E-state index in [1.807, 2.05) is 48.6 Å². The molecular weight excluding hydrogens is 650 g/mol. The van der Waals surface area contributed by atoms with Crippen LogP contribution in [0, 0.1) is 17.5 Å². The second kappa shape index (κ2) is 10.5. The monoisotopic (exact) mass is 677 g/mol. The van der Waals surface area contributed by atoms with Gasteiger partial charge in [-0.3, -0.25) is 0 Å². The molecule has 1 saturated heterocycles. The van der Waals surface area contributed by atoms with Crippen molar-refractivity contribution < 1.29 is 22.6 Å². The highest BCUT2D eigenvalue weighted by atomic mass is 79.9. The Kier molecular flexibility index (Phi) is 6.72. The van der Waals surface area contributed by atoms with Gasteiger partial charge in [-0.05, 0) is 64.0 Å². The molecule has 2 radical (unpaired) electrons. The van der Waals surface area contributed by atoms with E-state index in [9.17, 15) is 4.39 Å². The first kappa shape index (κ1) is 29.4. The minimum atomic E-state index is -1.23. The molecule has 8 rings (SSSR count). The fourth-order valence-electron chi connectivity index (χ4n) is 7.61. The zero-order chi connectivity index (χ0) is 32.0. The van der Waals surface area contributed by atoms with E-state index in [4.69, 9.17) is 17.3 Å². The molecule has 0 saturated carbocycles. The normalized spacial score (nSPS) is 19.5. The van der Waals surface area contributed by atoms with Gasteiger partial charge in [0.1, 0.15) is 31.0 Å². The first-order valence-corrected chi connectivity index (χ1v) is 16.0. The Bertz CT molecular complexity index is 2090. The molecule has 1 fully saturated rings. The zero-order valence-electron chi connectivity index (χ0n) is 25.3. The molecule has 8 heteroatoms. The number of hydrogen-bond donors (Lipinski definition) is 0. The van der Waals surface area contributed by atoms with Gasteiger partial charge in [0.2, 0.25) is 0 Å². The molecule has 1 atom stereocenters. The highest BCUT2D eigenvalue weighted by molar-refractivity contribution is 9.10. The molecule has 1 aliphatic carbocycles. The van der Waals surface area contributed by atoms with E-state index in [0.29, 0.717) is 40.9 Å². The van der Waals surface area contributed by atoms with Gasteiger partial charge >= 0.3 is 0 Å². The average molecular weight is 678 g/mol. The summed E-state index contributed by atoms with van der Waals surface area (Å²) < 4.78 is 58.9. The quantitative estimate of drug-likeness (QED) is 0.179. The minimum Gasteiger partial charge on any atom is -0.472 e. The molecule has 0 spiro atoms. The van der Waals surface area contributed by atoms with Crippen LogP contribution in [-0.2, 0) is 15.8 Å². The molecule has 5 aromatic rings. The van der Waals surface area contributed by atoms with Crippen LogP contribution >= 0.6 is 15.9 Å². The van der Waals surface area contributed by atoms with E-state index in [1.165, 1.54) is 18.2 Å². The van der Waals surface area contributed by atoms with Crippen LogP contribution in [0.4, 0.5) is 18.9 Å². The summed E-state index contributed by atoms with van der Waals surface area (Å²) in [4.78, 5) is 2.26. The summed E-state index contributed by atoms with van der Waals surface area (Å²) in [5.74, 6) is -1.48. The Labute approximate surface area is 275 Å². The van der Waals surface area contributed by atoms with Crippen molar-refractivity contribution in [1.29, 1.82) is 0 Å². The molecule has 1 unspecified atom stereocenters. The van der Waals surface area contributed by atoms with Crippen LogP contribution < -0.4 is 15.1 Å². The third-order valence-electron chi connectivity index (χ3n) is 9.64. The van der Waals surface area contributed by atoms with Crippen molar-refractivity contribution in [3.63, 3.8) is 0 Å². The Morgan fingerprint density at radius 2 is 1.50 bits per heavy atom. The van der Waals surface area contributed by atoms with Crippen molar-refractivity contribution in [2.45, 2.75) is 24.9 Å². The number of rotatable bonds is 3.